The second kappa shape index (κ2) is 2.59. The lowest BCUT2D eigenvalue weighted by Crippen LogP contribution is -2.24. The summed E-state index contributed by atoms with van der Waals surface area (Å²) < 4.78 is 2.68. The molecule has 1 heterocycles. The fourth-order valence-corrected chi connectivity index (χ4v) is 1.21. The number of carbonyl (C=O) groups is 1. The largest absolute Gasteiger partial charge is 0.555 e. The Bertz CT molecular complexity index is 176. The normalized spacial score (nSPS) is 23.3. The second-order valence-electron chi connectivity index (χ2n) is 1.41. The zero-order valence-corrected chi connectivity index (χ0v) is 5.39. The number of hydrogen-bond donors (Lipinski definition) is 2. The van der Waals surface area contributed by atoms with Crippen molar-refractivity contribution < 1.29 is 9.90 Å². The van der Waals surface area contributed by atoms with Gasteiger partial charge in [0.25, 0.3) is 11.1 Å². The molecule has 48 valence electrons. The van der Waals surface area contributed by atoms with Gasteiger partial charge in [-0.05, 0) is 12.2 Å². The van der Waals surface area contributed by atoms with Crippen LogP contribution in [0.25, 0.3) is 0 Å². The highest BCUT2D eigenvalue weighted by Crippen LogP contribution is 1.99. The van der Waals surface area contributed by atoms with E-state index in [9.17, 15) is 4.79 Å². The Hall–Kier alpha value is -0.900. The van der Waals surface area contributed by atoms with Gasteiger partial charge in [0, 0.05) is 6.20 Å². The maximum Gasteiger partial charge on any atom is 0.555 e. The predicted octanol–water partition coefficient (Wildman–Crippen LogP) is 0.828. The lowest BCUT2D eigenvalue weighted by molar-refractivity contribution is 0.221. The summed E-state index contributed by atoms with van der Waals surface area (Å²) in [5.41, 5.74) is 0. The second-order valence-corrected chi connectivity index (χ2v) is 2.94. The highest BCUT2D eigenvalue weighted by atomic mass is 32.2. The summed E-state index contributed by atoms with van der Waals surface area (Å²) in [6, 6.07) is 0. The third-order valence-corrected chi connectivity index (χ3v) is 2.00. The lowest BCUT2D eigenvalue weighted by Gasteiger charge is -1.95. The van der Waals surface area contributed by atoms with Gasteiger partial charge in [0.15, 0.2) is 5.41 Å². The van der Waals surface area contributed by atoms with E-state index < -0.39 is 16.4 Å². The van der Waals surface area contributed by atoms with Crippen LogP contribution in [0.5, 0.6) is 0 Å². The molecule has 1 aliphatic heterocycles. The van der Waals surface area contributed by atoms with Crippen molar-refractivity contribution in [1.82, 2.24) is 4.72 Å². The van der Waals surface area contributed by atoms with E-state index >= 15 is 0 Å². The van der Waals surface area contributed by atoms with Gasteiger partial charge in [0.2, 0.25) is 0 Å². The number of nitrogens with one attached hydrogen (secondary N) is 1. The Morgan fingerprint density at radius 1 is 1.56 bits per heavy atom. The first-order valence-electron chi connectivity index (χ1n) is 2.36. The predicted molar refractivity (Wildman–Crippen MR) is 36.8 cm³/mol. The third kappa shape index (κ3) is 1.50. The molecule has 0 amide bonds. The number of hydrogen-bond acceptors (Lipinski definition) is 2. The zero-order valence-electron chi connectivity index (χ0n) is 4.57. The molecule has 0 saturated carbocycles. The van der Waals surface area contributed by atoms with Gasteiger partial charge in [-0.2, -0.15) is 9.52 Å². The van der Waals surface area contributed by atoms with Gasteiger partial charge in [0.05, 0.1) is 0 Å². The maximum atomic E-state index is 10.2. The minimum Gasteiger partial charge on any atom is -0.439 e. The summed E-state index contributed by atoms with van der Waals surface area (Å²) in [7, 11) is 0. The van der Waals surface area contributed by atoms with E-state index in [-0.39, 0.29) is 0 Å². The molecule has 1 rings (SSSR count). The first-order valence-corrected chi connectivity index (χ1v) is 3.65. The first kappa shape index (κ1) is 6.22. The minimum atomic E-state index is -0.824. The van der Waals surface area contributed by atoms with Crippen LogP contribution in [-0.2, 0) is 11.1 Å². The Morgan fingerprint density at radius 3 is 2.67 bits per heavy atom. The van der Waals surface area contributed by atoms with Crippen LogP contribution in [-0.4, -0.2) is 10.4 Å². The fourth-order valence-electron chi connectivity index (χ4n) is 0.440. The molecule has 0 radical (unpaired) electrons. The summed E-state index contributed by atoms with van der Waals surface area (Å²) in [6.45, 7) is 0. The minimum absolute atomic E-state index is 0.797. The number of carboxylic acid groups (broad SMARTS) is 1. The quantitative estimate of drug-likeness (QED) is 0.495. The van der Waals surface area contributed by atoms with Crippen molar-refractivity contribution in [2.45, 2.75) is 0 Å². The monoisotopic (exact) mass is 144 g/mol. The molecule has 0 aromatic carbocycles. The molecular formula is C5H6NO2S+. The van der Waals surface area contributed by atoms with Crippen molar-refractivity contribution in [3.8, 4) is 0 Å². The van der Waals surface area contributed by atoms with E-state index in [1.807, 2.05) is 0 Å². The summed E-state index contributed by atoms with van der Waals surface area (Å²) >= 11 is -0.797. The van der Waals surface area contributed by atoms with E-state index in [1.165, 1.54) is 0 Å². The summed E-state index contributed by atoms with van der Waals surface area (Å²) in [5.74, 6) is 0. The summed E-state index contributed by atoms with van der Waals surface area (Å²) in [4.78, 5) is 10.2. The average molecular weight is 144 g/mol. The van der Waals surface area contributed by atoms with Crippen LogP contribution in [0.3, 0.4) is 0 Å². The molecule has 1 unspecified atom stereocenters. The van der Waals surface area contributed by atoms with Gasteiger partial charge >= 0.3 is 5.30 Å². The highest BCUT2D eigenvalue weighted by molar-refractivity contribution is 8.11. The molecule has 3 nitrogen and oxygen atoms in total. The molecule has 2 N–H and O–H groups in total. The zero-order chi connectivity index (χ0) is 6.69. The first-order chi connectivity index (χ1) is 4.30. The summed E-state index contributed by atoms with van der Waals surface area (Å²) in [6.07, 6.45) is 5.09. The van der Waals surface area contributed by atoms with E-state index in [4.69, 9.17) is 5.11 Å². The van der Waals surface area contributed by atoms with E-state index in [1.54, 1.807) is 23.8 Å². The van der Waals surface area contributed by atoms with Crippen molar-refractivity contribution in [3.63, 3.8) is 0 Å². The van der Waals surface area contributed by atoms with Crippen molar-refractivity contribution in [1.29, 1.82) is 0 Å². The molecule has 0 spiro atoms. The standard InChI is InChI=1S/C5H5NO2S/c7-5(8)9-4-2-1-3-6-9/h1-4,6H/p+1. The Balaban J connectivity index is 2.56. The fraction of sp³-hybridized carbons (Fsp3) is 0. The maximum absolute atomic E-state index is 10.2. The Morgan fingerprint density at radius 2 is 2.33 bits per heavy atom. The molecule has 4 heteroatoms. The molecule has 9 heavy (non-hydrogen) atoms. The molecule has 0 saturated heterocycles. The molecule has 0 aromatic heterocycles. The van der Waals surface area contributed by atoms with Crippen LogP contribution in [0.15, 0.2) is 23.8 Å². The molecule has 1 atom stereocenters. The van der Waals surface area contributed by atoms with Crippen LogP contribution in [0.2, 0.25) is 0 Å². The van der Waals surface area contributed by atoms with E-state index in [0.717, 1.165) is 0 Å². The van der Waals surface area contributed by atoms with Crippen LogP contribution in [0, 0.1) is 0 Å². The van der Waals surface area contributed by atoms with Crippen molar-refractivity contribution >= 4 is 16.4 Å². The molecule has 1 aliphatic rings. The Kier molecular flexibility index (Phi) is 1.79. The van der Waals surface area contributed by atoms with Crippen LogP contribution in [0.1, 0.15) is 0 Å². The lowest BCUT2D eigenvalue weighted by atomic mass is 10.6. The van der Waals surface area contributed by atoms with E-state index in [2.05, 4.69) is 4.72 Å². The van der Waals surface area contributed by atoms with Gasteiger partial charge < -0.3 is 5.11 Å². The van der Waals surface area contributed by atoms with Crippen molar-refractivity contribution in [2.75, 3.05) is 0 Å². The van der Waals surface area contributed by atoms with Crippen molar-refractivity contribution in [2.24, 2.45) is 0 Å². The summed E-state index contributed by atoms with van der Waals surface area (Å²) in [5, 5.41) is 9.19. The highest BCUT2D eigenvalue weighted by Gasteiger charge is 2.25. The SMILES string of the molecule is O=C(O)[S+]1C=CC=CN1. The molecule has 0 fully saturated rings. The molecule has 0 aromatic rings. The Labute approximate surface area is 55.5 Å². The van der Waals surface area contributed by atoms with Gasteiger partial charge in [-0.15, -0.1) is 0 Å². The number of rotatable bonds is 0. The van der Waals surface area contributed by atoms with Gasteiger partial charge in [-0.3, -0.25) is 0 Å². The van der Waals surface area contributed by atoms with Gasteiger partial charge in [-0.1, -0.05) is 0 Å². The molecule has 0 aliphatic carbocycles. The number of allylic oxidation sites excluding steroid dienone is 2. The third-order valence-electron chi connectivity index (χ3n) is 0.805. The average Bonchev–Trinajstić information content (AvgIpc) is 1.90. The smallest absolute Gasteiger partial charge is 0.439 e. The topological polar surface area (TPSA) is 49.3 Å². The molecule has 0 bridgehead atoms. The van der Waals surface area contributed by atoms with E-state index in [0.29, 0.717) is 0 Å². The molecular weight excluding hydrogens is 138 g/mol. The van der Waals surface area contributed by atoms with Crippen LogP contribution >= 0.6 is 0 Å². The van der Waals surface area contributed by atoms with Crippen LogP contribution in [0.4, 0.5) is 4.79 Å². The van der Waals surface area contributed by atoms with Gasteiger partial charge in [0.1, 0.15) is 0 Å². The van der Waals surface area contributed by atoms with Gasteiger partial charge in [-0.25, -0.2) is 0 Å². The van der Waals surface area contributed by atoms with Crippen LogP contribution < -0.4 is 4.72 Å². The van der Waals surface area contributed by atoms with Crippen molar-refractivity contribution in [3.05, 3.63) is 23.8 Å².